The molecule has 2 aliphatic rings. The fraction of sp³-hybridized carbons (Fsp3) is 0.562. The van der Waals surface area contributed by atoms with Crippen molar-refractivity contribution in [2.45, 2.75) is 26.9 Å². The van der Waals surface area contributed by atoms with Gasteiger partial charge < -0.3 is 4.74 Å². The number of ether oxygens (including phenoxy) is 1. The molecule has 0 saturated carbocycles. The van der Waals surface area contributed by atoms with Gasteiger partial charge in [0.2, 0.25) is 5.91 Å². The second-order valence-electron chi connectivity index (χ2n) is 6.37. The van der Waals surface area contributed by atoms with Gasteiger partial charge in [0.15, 0.2) is 0 Å². The minimum Gasteiger partial charge on any atom is -0.379 e. The van der Waals surface area contributed by atoms with Crippen LogP contribution in [0.25, 0.3) is 0 Å². The molecule has 5 heteroatoms. The van der Waals surface area contributed by atoms with Gasteiger partial charge in [-0.3, -0.25) is 14.6 Å². The van der Waals surface area contributed by atoms with Crippen molar-refractivity contribution < 1.29 is 9.53 Å². The molecule has 1 aromatic rings. The number of hydrogen-bond donors (Lipinski definition) is 0. The number of aryl methyl sites for hydroxylation is 1. The van der Waals surface area contributed by atoms with Crippen molar-refractivity contribution in [3.8, 4) is 0 Å². The number of benzene rings is 1. The maximum atomic E-state index is 12.6. The average molecular weight is 309 g/mol. The highest BCUT2D eigenvalue weighted by Crippen LogP contribution is 2.45. The molecule has 1 amide bonds. The van der Waals surface area contributed by atoms with Gasteiger partial charge in [0, 0.05) is 13.1 Å². The first-order chi connectivity index (χ1) is 9.93. The first kappa shape index (κ1) is 14.8. The number of halogens is 1. The van der Waals surface area contributed by atoms with Crippen molar-refractivity contribution in [2.75, 3.05) is 31.2 Å². The third-order valence-electron chi connectivity index (χ3n) is 4.41. The highest BCUT2D eigenvalue weighted by Gasteiger charge is 2.57. The average Bonchev–Trinajstić information content (AvgIpc) is 2.46. The fourth-order valence-corrected chi connectivity index (χ4v) is 3.60. The lowest BCUT2D eigenvalue weighted by Gasteiger charge is -2.57. The lowest BCUT2D eigenvalue weighted by molar-refractivity contribution is -0.147. The standard InChI is InChI=1S/C16H21ClN2O2/c1-11-4-5-13(12(17)10-11)19-14(16(2,3)15(19)20)18-6-8-21-9-7-18/h4-5,10,14H,6-9H2,1-3H3. The summed E-state index contributed by atoms with van der Waals surface area (Å²) in [6.07, 6.45) is 0.0501. The molecule has 21 heavy (non-hydrogen) atoms. The first-order valence-electron chi connectivity index (χ1n) is 7.34. The van der Waals surface area contributed by atoms with Gasteiger partial charge in [-0.25, -0.2) is 0 Å². The maximum Gasteiger partial charge on any atom is 0.237 e. The Morgan fingerprint density at radius 3 is 2.57 bits per heavy atom. The summed E-state index contributed by atoms with van der Waals surface area (Å²) in [5, 5.41) is 0.636. The van der Waals surface area contributed by atoms with Crippen LogP contribution < -0.4 is 4.90 Å². The van der Waals surface area contributed by atoms with E-state index >= 15 is 0 Å². The number of β-lactam (4-membered cyclic amide) rings is 1. The number of anilines is 1. The molecule has 3 rings (SSSR count). The van der Waals surface area contributed by atoms with Gasteiger partial charge in [-0.2, -0.15) is 0 Å². The minimum absolute atomic E-state index is 0.0501. The molecule has 2 fully saturated rings. The molecule has 0 aliphatic carbocycles. The number of nitrogens with zero attached hydrogens (tertiary/aromatic N) is 2. The van der Waals surface area contributed by atoms with E-state index in [9.17, 15) is 4.79 Å². The molecule has 0 radical (unpaired) electrons. The van der Waals surface area contributed by atoms with E-state index in [1.807, 2.05) is 43.9 Å². The Morgan fingerprint density at radius 2 is 1.95 bits per heavy atom. The van der Waals surface area contributed by atoms with Crippen LogP contribution >= 0.6 is 11.6 Å². The van der Waals surface area contributed by atoms with E-state index in [0.29, 0.717) is 5.02 Å². The topological polar surface area (TPSA) is 32.8 Å². The monoisotopic (exact) mass is 308 g/mol. The maximum absolute atomic E-state index is 12.6. The summed E-state index contributed by atoms with van der Waals surface area (Å²) in [5.41, 5.74) is 1.52. The highest BCUT2D eigenvalue weighted by atomic mass is 35.5. The van der Waals surface area contributed by atoms with Gasteiger partial charge in [0.1, 0.15) is 6.17 Å². The van der Waals surface area contributed by atoms with Crippen molar-refractivity contribution >= 4 is 23.2 Å². The van der Waals surface area contributed by atoms with Gasteiger partial charge in [0.05, 0.1) is 29.3 Å². The van der Waals surface area contributed by atoms with Gasteiger partial charge in [-0.15, -0.1) is 0 Å². The molecule has 1 unspecified atom stereocenters. The third kappa shape index (κ3) is 2.35. The number of carbonyl (C=O) groups is 1. The van der Waals surface area contributed by atoms with E-state index in [2.05, 4.69) is 4.90 Å². The van der Waals surface area contributed by atoms with Crippen molar-refractivity contribution in [2.24, 2.45) is 5.41 Å². The SMILES string of the molecule is Cc1ccc(N2C(=O)C(C)(C)C2N2CCOCC2)c(Cl)c1. The molecule has 0 spiro atoms. The molecular weight excluding hydrogens is 288 g/mol. The van der Waals surface area contributed by atoms with Crippen LogP contribution in [0.15, 0.2) is 18.2 Å². The summed E-state index contributed by atoms with van der Waals surface area (Å²) in [5.74, 6) is 0.129. The Morgan fingerprint density at radius 1 is 1.29 bits per heavy atom. The molecule has 2 aliphatic heterocycles. The predicted octanol–water partition coefficient (Wildman–Crippen LogP) is 2.68. The van der Waals surface area contributed by atoms with E-state index in [-0.39, 0.29) is 17.5 Å². The molecule has 2 saturated heterocycles. The van der Waals surface area contributed by atoms with Crippen LogP contribution in [-0.4, -0.2) is 43.3 Å². The van der Waals surface area contributed by atoms with Gasteiger partial charge >= 0.3 is 0 Å². The predicted molar refractivity (Wildman–Crippen MR) is 83.6 cm³/mol. The quantitative estimate of drug-likeness (QED) is 0.788. The largest absolute Gasteiger partial charge is 0.379 e. The molecule has 0 bridgehead atoms. The van der Waals surface area contributed by atoms with E-state index in [1.54, 1.807) is 0 Å². The molecule has 0 aromatic heterocycles. The summed E-state index contributed by atoms with van der Waals surface area (Å²) < 4.78 is 5.42. The smallest absolute Gasteiger partial charge is 0.237 e. The summed E-state index contributed by atoms with van der Waals surface area (Å²) in [7, 11) is 0. The van der Waals surface area contributed by atoms with Crippen molar-refractivity contribution in [1.82, 2.24) is 4.90 Å². The van der Waals surface area contributed by atoms with Crippen LogP contribution in [0.5, 0.6) is 0 Å². The summed E-state index contributed by atoms with van der Waals surface area (Å²) in [4.78, 5) is 16.7. The second kappa shape index (κ2) is 5.27. The van der Waals surface area contributed by atoms with E-state index in [0.717, 1.165) is 37.6 Å². The first-order valence-corrected chi connectivity index (χ1v) is 7.72. The molecule has 114 valence electrons. The van der Waals surface area contributed by atoms with Crippen LogP contribution in [0.3, 0.4) is 0 Å². The molecule has 1 atom stereocenters. The minimum atomic E-state index is -0.383. The van der Waals surface area contributed by atoms with Crippen LogP contribution in [0, 0.1) is 12.3 Å². The normalized spacial score (nSPS) is 25.8. The Kier molecular flexibility index (Phi) is 3.72. The Balaban J connectivity index is 1.94. The van der Waals surface area contributed by atoms with Gasteiger partial charge in [-0.1, -0.05) is 17.7 Å². The summed E-state index contributed by atoms with van der Waals surface area (Å²) in [6, 6.07) is 5.85. The molecule has 4 nitrogen and oxygen atoms in total. The fourth-order valence-electron chi connectivity index (χ4n) is 3.28. The highest BCUT2D eigenvalue weighted by molar-refractivity contribution is 6.34. The number of rotatable bonds is 2. The van der Waals surface area contributed by atoms with E-state index in [4.69, 9.17) is 16.3 Å². The van der Waals surface area contributed by atoms with Crippen LogP contribution in [-0.2, 0) is 9.53 Å². The van der Waals surface area contributed by atoms with Crippen molar-refractivity contribution in [3.63, 3.8) is 0 Å². The number of amides is 1. The number of morpholine rings is 1. The number of carbonyl (C=O) groups excluding carboxylic acids is 1. The number of hydrogen-bond acceptors (Lipinski definition) is 3. The lowest BCUT2D eigenvalue weighted by Crippen LogP contribution is -2.74. The van der Waals surface area contributed by atoms with E-state index < -0.39 is 0 Å². The summed E-state index contributed by atoms with van der Waals surface area (Å²) >= 11 is 6.36. The van der Waals surface area contributed by atoms with Crippen LogP contribution in [0.4, 0.5) is 5.69 Å². The Bertz CT molecular complexity index is 567. The third-order valence-corrected chi connectivity index (χ3v) is 4.72. The van der Waals surface area contributed by atoms with Gasteiger partial charge in [0.25, 0.3) is 0 Å². The van der Waals surface area contributed by atoms with E-state index in [1.165, 1.54) is 0 Å². The van der Waals surface area contributed by atoms with Crippen LogP contribution in [0.1, 0.15) is 19.4 Å². The zero-order valence-corrected chi connectivity index (χ0v) is 13.5. The molecular formula is C16H21ClN2O2. The lowest BCUT2D eigenvalue weighted by atomic mass is 9.77. The Labute approximate surface area is 130 Å². The second-order valence-corrected chi connectivity index (χ2v) is 6.78. The summed E-state index contributed by atoms with van der Waals surface area (Å²) in [6.45, 7) is 9.15. The van der Waals surface area contributed by atoms with Crippen LogP contribution in [0.2, 0.25) is 5.02 Å². The molecule has 1 aromatic carbocycles. The molecule has 2 heterocycles. The zero-order chi connectivity index (χ0) is 15.2. The van der Waals surface area contributed by atoms with Crippen molar-refractivity contribution in [1.29, 1.82) is 0 Å². The van der Waals surface area contributed by atoms with Crippen molar-refractivity contribution in [3.05, 3.63) is 28.8 Å². The Hall–Kier alpha value is -1.10. The van der Waals surface area contributed by atoms with Gasteiger partial charge in [-0.05, 0) is 38.5 Å². The zero-order valence-electron chi connectivity index (χ0n) is 12.7. The molecule has 0 N–H and O–H groups in total.